The molecular formula is C20H22N4O4S3. The van der Waals surface area contributed by atoms with Crippen LogP contribution in [-0.2, 0) is 14.8 Å². The minimum absolute atomic E-state index is 0.0881. The summed E-state index contributed by atoms with van der Waals surface area (Å²) in [4.78, 5) is 12.8. The molecule has 0 bridgehead atoms. The van der Waals surface area contributed by atoms with Crippen LogP contribution in [0.5, 0.6) is 5.75 Å². The average molecular weight is 479 g/mol. The molecule has 0 saturated carbocycles. The third-order valence-corrected chi connectivity index (χ3v) is 7.68. The van der Waals surface area contributed by atoms with Crippen LogP contribution < -0.4 is 14.4 Å². The molecule has 0 unspecified atom stereocenters. The van der Waals surface area contributed by atoms with Crippen molar-refractivity contribution in [2.24, 2.45) is 0 Å². The summed E-state index contributed by atoms with van der Waals surface area (Å²) in [6.45, 7) is 3.65. The van der Waals surface area contributed by atoms with Gasteiger partial charge in [0.2, 0.25) is 11.0 Å². The van der Waals surface area contributed by atoms with Gasteiger partial charge in [-0.2, -0.15) is 0 Å². The summed E-state index contributed by atoms with van der Waals surface area (Å²) in [7, 11) is -2.45. The number of hydrogen-bond donors (Lipinski definition) is 1. The number of thioether (sulfide) groups is 1. The molecule has 0 atom stereocenters. The molecular weight excluding hydrogens is 456 g/mol. The quantitative estimate of drug-likeness (QED) is 0.368. The normalized spacial score (nSPS) is 11.4. The summed E-state index contributed by atoms with van der Waals surface area (Å²) < 4.78 is 33.5. The van der Waals surface area contributed by atoms with Gasteiger partial charge in [0.05, 0.1) is 17.7 Å². The summed E-state index contributed by atoms with van der Waals surface area (Å²) >= 11 is 2.78. The topological polar surface area (TPSA) is 101 Å². The van der Waals surface area contributed by atoms with Crippen LogP contribution in [0.2, 0.25) is 0 Å². The number of nitrogens with zero attached hydrogens (tertiary/aromatic N) is 3. The van der Waals surface area contributed by atoms with E-state index in [0.29, 0.717) is 21.8 Å². The number of ether oxygens (including phenoxy) is 1. The molecule has 3 rings (SSSR count). The zero-order valence-electron chi connectivity index (χ0n) is 17.2. The van der Waals surface area contributed by atoms with Crippen LogP contribution in [0.1, 0.15) is 13.8 Å². The van der Waals surface area contributed by atoms with Crippen LogP contribution >= 0.6 is 23.1 Å². The Morgan fingerprint density at radius 1 is 1.13 bits per heavy atom. The number of benzene rings is 2. The third-order valence-electron chi connectivity index (χ3n) is 3.97. The first-order chi connectivity index (χ1) is 14.8. The van der Waals surface area contributed by atoms with Crippen LogP contribution in [0, 0.1) is 0 Å². The Balaban J connectivity index is 1.85. The molecule has 3 aromatic rings. The second kappa shape index (κ2) is 10.1. The van der Waals surface area contributed by atoms with Gasteiger partial charge in [0.1, 0.15) is 12.3 Å². The maximum Gasteiger partial charge on any atom is 0.264 e. The van der Waals surface area contributed by atoms with Crippen molar-refractivity contribution in [2.45, 2.75) is 28.3 Å². The van der Waals surface area contributed by atoms with Crippen LogP contribution in [0.25, 0.3) is 0 Å². The van der Waals surface area contributed by atoms with E-state index in [4.69, 9.17) is 4.74 Å². The van der Waals surface area contributed by atoms with Gasteiger partial charge in [0.25, 0.3) is 10.0 Å². The van der Waals surface area contributed by atoms with Crippen LogP contribution in [0.3, 0.4) is 0 Å². The van der Waals surface area contributed by atoms with Crippen LogP contribution in [0.15, 0.2) is 63.8 Å². The fourth-order valence-corrected chi connectivity index (χ4v) is 6.02. The van der Waals surface area contributed by atoms with Gasteiger partial charge >= 0.3 is 0 Å². The first kappa shape index (κ1) is 23.0. The van der Waals surface area contributed by atoms with Crippen molar-refractivity contribution in [1.29, 1.82) is 0 Å². The Labute approximate surface area is 189 Å². The minimum atomic E-state index is -3.98. The Morgan fingerprint density at radius 2 is 1.81 bits per heavy atom. The summed E-state index contributed by atoms with van der Waals surface area (Å²) in [6.07, 6.45) is 0. The lowest BCUT2D eigenvalue weighted by Gasteiger charge is -2.24. The fraction of sp³-hybridized carbons (Fsp3) is 0.250. The predicted octanol–water partition coefficient (Wildman–Crippen LogP) is 3.88. The Bertz CT molecular complexity index is 1120. The van der Waals surface area contributed by atoms with Gasteiger partial charge < -0.3 is 4.74 Å². The lowest BCUT2D eigenvalue weighted by molar-refractivity contribution is -0.114. The predicted molar refractivity (Wildman–Crippen MR) is 123 cm³/mol. The second-order valence-corrected chi connectivity index (χ2v) is 11.3. The van der Waals surface area contributed by atoms with Crippen molar-refractivity contribution in [2.75, 3.05) is 23.3 Å². The summed E-state index contributed by atoms with van der Waals surface area (Å²) in [5.74, 6) is 0.0573. The Kier molecular flexibility index (Phi) is 7.52. The molecule has 0 saturated heterocycles. The van der Waals surface area contributed by atoms with Crippen molar-refractivity contribution >= 4 is 49.8 Å². The maximum absolute atomic E-state index is 13.3. The lowest BCUT2D eigenvalue weighted by atomic mass is 10.3. The molecule has 11 heteroatoms. The van der Waals surface area contributed by atoms with Crippen LogP contribution in [0.4, 0.5) is 10.8 Å². The minimum Gasteiger partial charge on any atom is -0.497 e. The largest absolute Gasteiger partial charge is 0.497 e. The molecule has 0 spiro atoms. The molecule has 1 N–H and O–H groups in total. The van der Waals surface area contributed by atoms with E-state index in [1.165, 1.54) is 42.3 Å². The molecule has 1 aromatic heterocycles. The number of carbonyl (C=O) groups excluding carboxylic acids is 1. The van der Waals surface area contributed by atoms with Gasteiger partial charge in [0.15, 0.2) is 4.34 Å². The SMILES string of the molecule is COc1ccc(N(CC(=O)Nc2nnc(SC(C)C)s2)S(=O)(=O)c2ccccc2)cc1. The van der Waals surface area contributed by atoms with E-state index < -0.39 is 22.5 Å². The average Bonchev–Trinajstić information content (AvgIpc) is 3.18. The number of amides is 1. The molecule has 0 radical (unpaired) electrons. The molecule has 0 aliphatic rings. The standard InChI is InChI=1S/C20H22N4O4S3/c1-14(2)29-20-23-22-19(30-20)21-18(25)13-24(15-9-11-16(28-3)12-10-15)31(26,27)17-7-5-4-6-8-17/h4-12,14H,13H2,1-3H3,(H,21,22,25). The number of hydrogen-bond acceptors (Lipinski definition) is 8. The van der Waals surface area contributed by atoms with Crippen molar-refractivity contribution in [3.05, 3.63) is 54.6 Å². The molecule has 31 heavy (non-hydrogen) atoms. The highest BCUT2D eigenvalue weighted by Crippen LogP contribution is 2.29. The highest BCUT2D eigenvalue weighted by molar-refractivity contribution is 8.01. The van der Waals surface area contributed by atoms with E-state index in [-0.39, 0.29) is 4.90 Å². The van der Waals surface area contributed by atoms with Gasteiger partial charge in [-0.25, -0.2) is 8.42 Å². The zero-order chi connectivity index (χ0) is 22.4. The van der Waals surface area contributed by atoms with Gasteiger partial charge in [0, 0.05) is 5.25 Å². The highest BCUT2D eigenvalue weighted by Gasteiger charge is 2.27. The first-order valence-electron chi connectivity index (χ1n) is 9.31. The monoisotopic (exact) mass is 478 g/mol. The third kappa shape index (κ3) is 5.96. The van der Waals surface area contributed by atoms with E-state index in [2.05, 4.69) is 15.5 Å². The molecule has 164 valence electrons. The Morgan fingerprint density at radius 3 is 2.42 bits per heavy atom. The van der Waals surface area contributed by atoms with E-state index in [1.807, 2.05) is 13.8 Å². The van der Waals surface area contributed by atoms with Crippen molar-refractivity contribution in [1.82, 2.24) is 10.2 Å². The van der Waals surface area contributed by atoms with Gasteiger partial charge in [-0.3, -0.25) is 14.4 Å². The van der Waals surface area contributed by atoms with Crippen molar-refractivity contribution in [3.63, 3.8) is 0 Å². The maximum atomic E-state index is 13.3. The second-order valence-electron chi connectivity index (χ2n) is 6.61. The van der Waals surface area contributed by atoms with E-state index >= 15 is 0 Å². The molecule has 2 aromatic carbocycles. The number of nitrogens with one attached hydrogen (secondary N) is 1. The molecule has 1 amide bonds. The molecule has 8 nitrogen and oxygen atoms in total. The van der Waals surface area contributed by atoms with Gasteiger partial charge in [-0.15, -0.1) is 10.2 Å². The first-order valence-corrected chi connectivity index (χ1v) is 12.4. The number of methoxy groups -OCH3 is 1. The van der Waals surface area contributed by atoms with E-state index in [1.54, 1.807) is 42.5 Å². The van der Waals surface area contributed by atoms with E-state index in [9.17, 15) is 13.2 Å². The number of rotatable bonds is 9. The fourth-order valence-electron chi connectivity index (χ4n) is 2.58. The summed E-state index contributed by atoms with van der Waals surface area (Å²) in [5.41, 5.74) is 0.341. The lowest BCUT2D eigenvalue weighted by Crippen LogP contribution is -2.38. The van der Waals surface area contributed by atoms with Gasteiger partial charge in [-0.05, 0) is 36.4 Å². The number of sulfonamides is 1. The Hall–Kier alpha value is -2.63. The highest BCUT2D eigenvalue weighted by atomic mass is 32.2. The molecule has 0 aliphatic heterocycles. The molecule has 1 heterocycles. The summed E-state index contributed by atoms with van der Waals surface area (Å²) in [5, 5.41) is 11.3. The van der Waals surface area contributed by atoms with Crippen molar-refractivity contribution < 1.29 is 17.9 Å². The number of aromatic nitrogens is 2. The van der Waals surface area contributed by atoms with Crippen LogP contribution in [-0.4, -0.2) is 43.4 Å². The number of carbonyl (C=O) groups is 1. The summed E-state index contributed by atoms with van der Waals surface area (Å²) in [6, 6.07) is 14.4. The van der Waals surface area contributed by atoms with Crippen molar-refractivity contribution in [3.8, 4) is 5.75 Å². The zero-order valence-corrected chi connectivity index (χ0v) is 19.6. The van der Waals surface area contributed by atoms with Gasteiger partial charge in [-0.1, -0.05) is 55.1 Å². The molecule has 0 fully saturated rings. The van der Waals surface area contributed by atoms with E-state index in [0.717, 1.165) is 8.64 Å². The smallest absolute Gasteiger partial charge is 0.264 e. The molecule has 0 aliphatic carbocycles. The number of anilines is 2.